The summed E-state index contributed by atoms with van der Waals surface area (Å²) in [7, 11) is 1.69. The van der Waals surface area contributed by atoms with Gasteiger partial charge in [-0.1, -0.05) is 43.2 Å². The molecule has 2 heterocycles. The molecule has 31 heavy (non-hydrogen) atoms. The number of nitrogens with zero attached hydrogens (tertiary/aromatic N) is 2. The highest BCUT2D eigenvalue weighted by atomic mass is 32.2. The molecule has 1 saturated heterocycles. The number of thiazole rings is 1. The summed E-state index contributed by atoms with van der Waals surface area (Å²) < 4.78 is 6.44. The summed E-state index contributed by atoms with van der Waals surface area (Å²) in [5, 5.41) is 5.76. The molecule has 162 valence electrons. The van der Waals surface area contributed by atoms with Crippen LogP contribution in [0.25, 0.3) is 10.2 Å². The van der Waals surface area contributed by atoms with Gasteiger partial charge in [-0.3, -0.25) is 0 Å². The minimum atomic E-state index is 0.529. The van der Waals surface area contributed by atoms with Gasteiger partial charge in [-0.25, -0.2) is 9.98 Å². The molecule has 1 N–H and O–H groups in total. The van der Waals surface area contributed by atoms with Crippen LogP contribution < -0.4 is 10.1 Å². The van der Waals surface area contributed by atoms with Crippen molar-refractivity contribution in [1.82, 2.24) is 4.98 Å². The van der Waals surface area contributed by atoms with E-state index in [0.29, 0.717) is 11.3 Å². The fourth-order valence-corrected chi connectivity index (χ4v) is 7.36. The molecule has 3 aromatic rings. The Morgan fingerprint density at radius 1 is 1.16 bits per heavy atom. The van der Waals surface area contributed by atoms with Gasteiger partial charge in [0.05, 0.1) is 28.1 Å². The summed E-state index contributed by atoms with van der Waals surface area (Å²) in [6, 6.07) is 14.7. The molecule has 1 spiro atoms. The number of anilines is 1. The molecule has 1 saturated carbocycles. The number of rotatable bonds is 6. The number of ether oxygens (including phenoxy) is 1. The topological polar surface area (TPSA) is 46.5 Å². The van der Waals surface area contributed by atoms with E-state index in [1.54, 1.807) is 18.4 Å². The lowest BCUT2D eigenvalue weighted by Gasteiger charge is -2.26. The van der Waals surface area contributed by atoms with Gasteiger partial charge in [-0.2, -0.15) is 0 Å². The maximum Gasteiger partial charge on any atom is 0.183 e. The molecule has 4 nitrogen and oxygen atoms in total. The van der Waals surface area contributed by atoms with Gasteiger partial charge in [-0.15, -0.1) is 11.8 Å². The van der Waals surface area contributed by atoms with Gasteiger partial charge in [0.1, 0.15) is 5.75 Å². The highest BCUT2D eigenvalue weighted by Gasteiger charge is 2.46. The number of aliphatic imine (C=N–C) groups is 1. The lowest BCUT2D eigenvalue weighted by Crippen LogP contribution is -2.25. The maximum absolute atomic E-state index is 5.30. The minimum absolute atomic E-state index is 0.529. The standard InChI is InChI=1S/C25H29N3OS2/c1-17-23(30-16-25(17)12-3-4-13-25)27-19-7-5-18(6-8-19)11-14-26-24-28-21-10-9-20(29-2)15-22(21)31-24/h5-10,15,17H,3-4,11-14,16H2,1-2H3,(H,26,28)/t17-/m1/s1. The summed E-state index contributed by atoms with van der Waals surface area (Å²) in [4.78, 5) is 9.67. The molecule has 5 rings (SSSR count). The van der Waals surface area contributed by atoms with Crippen molar-refractivity contribution in [1.29, 1.82) is 0 Å². The van der Waals surface area contributed by atoms with Gasteiger partial charge in [0.2, 0.25) is 0 Å². The van der Waals surface area contributed by atoms with E-state index in [1.807, 2.05) is 30.0 Å². The van der Waals surface area contributed by atoms with Crippen LogP contribution >= 0.6 is 23.1 Å². The first-order valence-corrected chi connectivity index (χ1v) is 12.9. The van der Waals surface area contributed by atoms with Crippen molar-refractivity contribution in [3.63, 3.8) is 0 Å². The first-order valence-electron chi connectivity index (χ1n) is 11.1. The number of thioether (sulfide) groups is 1. The highest BCUT2D eigenvalue weighted by molar-refractivity contribution is 8.14. The number of nitrogens with one attached hydrogen (secondary N) is 1. The molecular formula is C25H29N3OS2. The Hall–Kier alpha value is -2.05. The van der Waals surface area contributed by atoms with E-state index in [9.17, 15) is 0 Å². The normalized spacial score (nSPS) is 21.4. The third kappa shape index (κ3) is 4.33. The zero-order valence-corrected chi connectivity index (χ0v) is 19.8. The SMILES string of the molecule is COc1ccc2nc(NCCc3ccc(N=C4SCC5(CCCC5)[C@@H]4C)cc3)sc2c1. The third-order valence-electron chi connectivity index (χ3n) is 6.86. The molecule has 0 radical (unpaired) electrons. The number of methoxy groups -OCH3 is 1. The van der Waals surface area contributed by atoms with Gasteiger partial charge < -0.3 is 10.1 Å². The van der Waals surface area contributed by atoms with Crippen LogP contribution in [-0.2, 0) is 6.42 Å². The number of aromatic nitrogens is 1. The minimum Gasteiger partial charge on any atom is -0.497 e. The van der Waals surface area contributed by atoms with E-state index < -0.39 is 0 Å². The van der Waals surface area contributed by atoms with Crippen molar-refractivity contribution in [2.45, 2.75) is 39.0 Å². The molecule has 2 aromatic carbocycles. The molecule has 1 aromatic heterocycles. The average Bonchev–Trinajstić information content (AvgIpc) is 3.50. The van der Waals surface area contributed by atoms with Crippen LogP contribution in [0.3, 0.4) is 0 Å². The Kier molecular flexibility index (Phi) is 5.93. The van der Waals surface area contributed by atoms with E-state index in [-0.39, 0.29) is 0 Å². The molecular weight excluding hydrogens is 422 g/mol. The number of hydrogen-bond acceptors (Lipinski definition) is 6. The van der Waals surface area contributed by atoms with E-state index in [2.05, 4.69) is 41.5 Å². The van der Waals surface area contributed by atoms with Crippen molar-refractivity contribution < 1.29 is 4.74 Å². The van der Waals surface area contributed by atoms with Crippen LogP contribution in [0.15, 0.2) is 47.5 Å². The first kappa shape index (κ1) is 20.8. The molecule has 1 aliphatic heterocycles. The molecule has 0 unspecified atom stereocenters. The number of benzene rings is 2. The molecule has 1 aliphatic carbocycles. The Balaban J connectivity index is 1.17. The second-order valence-electron chi connectivity index (χ2n) is 8.73. The Morgan fingerprint density at radius 2 is 1.97 bits per heavy atom. The second-order valence-corrected chi connectivity index (χ2v) is 10.8. The average molecular weight is 452 g/mol. The third-order valence-corrected chi connectivity index (χ3v) is 9.29. The number of hydrogen-bond donors (Lipinski definition) is 1. The van der Waals surface area contributed by atoms with Crippen LogP contribution in [0, 0.1) is 11.3 Å². The van der Waals surface area contributed by atoms with Gasteiger partial charge in [0.25, 0.3) is 0 Å². The Morgan fingerprint density at radius 3 is 2.74 bits per heavy atom. The quantitative estimate of drug-likeness (QED) is 0.441. The first-order chi connectivity index (χ1) is 15.1. The monoisotopic (exact) mass is 451 g/mol. The van der Waals surface area contributed by atoms with E-state index in [4.69, 9.17) is 9.73 Å². The zero-order valence-electron chi connectivity index (χ0n) is 18.2. The van der Waals surface area contributed by atoms with E-state index in [0.717, 1.165) is 39.8 Å². The van der Waals surface area contributed by atoms with Gasteiger partial charge in [-0.05, 0) is 60.6 Å². The molecule has 2 aliphatic rings. The maximum atomic E-state index is 5.30. The van der Waals surface area contributed by atoms with Gasteiger partial charge in [0.15, 0.2) is 5.13 Å². The van der Waals surface area contributed by atoms with Crippen molar-refractivity contribution in [3.8, 4) is 5.75 Å². The summed E-state index contributed by atoms with van der Waals surface area (Å²) >= 11 is 3.66. The number of fused-ring (bicyclic) bond motifs is 1. The molecule has 1 atom stereocenters. The van der Waals surface area contributed by atoms with Crippen LogP contribution in [0.2, 0.25) is 0 Å². The van der Waals surface area contributed by atoms with Crippen LogP contribution in [0.5, 0.6) is 5.75 Å². The summed E-state index contributed by atoms with van der Waals surface area (Å²) in [5.41, 5.74) is 3.94. The van der Waals surface area contributed by atoms with Crippen molar-refractivity contribution in [3.05, 3.63) is 48.0 Å². The van der Waals surface area contributed by atoms with Gasteiger partial charge >= 0.3 is 0 Å². The van der Waals surface area contributed by atoms with Gasteiger partial charge in [0, 0.05) is 18.2 Å². The van der Waals surface area contributed by atoms with Crippen molar-refractivity contribution in [2.75, 3.05) is 24.7 Å². The second kappa shape index (κ2) is 8.83. The molecule has 0 amide bonds. The largest absolute Gasteiger partial charge is 0.497 e. The Bertz CT molecular complexity index is 1080. The van der Waals surface area contributed by atoms with Crippen LogP contribution in [0.4, 0.5) is 10.8 Å². The fourth-order valence-electron chi connectivity index (χ4n) is 4.80. The molecule has 6 heteroatoms. The highest BCUT2D eigenvalue weighted by Crippen LogP contribution is 2.53. The van der Waals surface area contributed by atoms with Crippen molar-refractivity contribution in [2.24, 2.45) is 16.3 Å². The van der Waals surface area contributed by atoms with E-state index in [1.165, 1.54) is 42.0 Å². The van der Waals surface area contributed by atoms with Crippen LogP contribution in [-0.4, -0.2) is 29.4 Å². The Labute approximate surface area is 192 Å². The summed E-state index contributed by atoms with van der Waals surface area (Å²) in [6.45, 7) is 3.25. The fraction of sp³-hybridized carbons (Fsp3) is 0.440. The lowest BCUT2D eigenvalue weighted by molar-refractivity contribution is 0.289. The van der Waals surface area contributed by atoms with E-state index >= 15 is 0 Å². The predicted octanol–water partition coefficient (Wildman–Crippen LogP) is 6.93. The molecule has 2 fully saturated rings. The van der Waals surface area contributed by atoms with Crippen molar-refractivity contribution >= 4 is 49.2 Å². The lowest BCUT2D eigenvalue weighted by atomic mass is 9.77. The smallest absolute Gasteiger partial charge is 0.183 e. The zero-order chi connectivity index (χ0) is 21.3. The molecule has 0 bridgehead atoms. The van der Waals surface area contributed by atoms with Crippen LogP contribution in [0.1, 0.15) is 38.2 Å². The summed E-state index contributed by atoms with van der Waals surface area (Å²) in [6.07, 6.45) is 6.52. The summed E-state index contributed by atoms with van der Waals surface area (Å²) in [5.74, 6) is 2.74. The predicted molar refractivity (Wildman–Crippen MR) is 134 cm³/mol.